The highest BCUT2D eigenvalue weighted by Gasteiger charge is 2.60. The van der Waals surface area contributed by atoms with Gasteiger partial charge in [0.25, 0.3) is 0 Å². The zero-order valence-corrected chi connectivity index (χ0v) is 57.9. The number of hydrogen-bond donors (Lipinski definition) is 1. The molecule has 3 aliphatic heterocycles. The molecule has 9 aromatic carbocycles. The fourth-order valence-electron chi connectivity index (χ4n) is 12.0. The smallest absolute Gasteiger partial charge is 0.338 e. The van der Waals surface area contributed by atoms with Gasteiger partial charge in [0.05, 0.1) is 56.7 Å². The molecule has 3 saturated heterocycles. The van der Waals surface area contributed by atoms with E-state index in [2.05, 4.69) is 0 Å². The third-order valence-electron chi connectivity index (χ3n) is 17.4. The van der Waals surface area contributed by atoms with Crippen molar-refractivity contribution < 1.29 is 124 Å². The van der Waals surface area contributed by atoms with Crippen molar-refractivity contribution in [2.75, 3.05) is 19.8 Å². The fraction of sp³-hybridized carbons (Fsp3) is 0.229. The number of aliphatic hydroxyl groups is 1. The van der Waals surface area contributed by atoms with Crippen LogP contribution in [-0.4, -0.2) is 177 Å². The summed E-state index contributed by atoms with van der Waals surface area (Å²) in [4.78, 5) is 144. The molecule has 3 aliphatic rings. The molecule has 0 aliphatic carbocycles. The Hall–Kier alpha value is -12.6. The van der Waals surface area contributed by atoms with E-state index in [0.29, 0.717) is 0 Å². The summed E-state index contributed by atoms with van der Waals surface area (Å²) in [5, 5.41) is 12.9. The van der Waals surface area contributed by atoms with Gasteiger partial charge in [-0.3, -0.25) is 4.79 Å². The standard InChI is InChI=1S/C83H70O26/c1-50(84)95-47-61-64(102-74(87)53-33-15-4-16-34-53)67(105-77(90)56-39-21-7-22-40-56)70(107-79(92)58-43-25-9-26-44-58)82(99-61)97-49-60-63(101-73(86)52-31-13-3-14-32-52)66(104-76(89)55-37-19-6-20-38-55)69(81(94)98-60)109-83-71(108-80(93)59-45-27-10-28-46-59)68(106-78(91)57-41-23-8-24-42-57)65(103-75(88)54-35-17-5-18-36-54)62(100-83)48-96-72(85)51-29-11-2-12-30-51/h2-46,60-71,81-83,94H,47-49H2,1H3/t60-,61+,62+,63+,64+,65+,66+,67+,68+,69-,70+,71?,81-,82-,83+/m1/s1. The normalized spacial score (nSPS) is 23.5. The molecule has 3 fully saturated rings. The second-order valence-corrected chi connectivity index (χ2v) is 24.7. The van der Waals surface area contributed by atoms with Gasteiger partial charge in [0.2, 0.25) is 0 Å². The van der Waals surface area contributed by atoms with Crippen LogP contribution >= 0.6 is 0 Å². The van der Waals surface area contributed by atoms with E-state index in [1.165, 1.54) is 170 Å². The van der Waals surface area contributed by atoms with Gasteiger partial charge in [-0.1, -0.05) is 164 Å². The zero-order chi connectivity index (χ0) is 76.2. The number of rotatable bonds is 26. The number of esters is 10. The number of aliphatic hydroxyl groups excluding tert-OH is 1. The van der Waals surface area contributed by atoms with Crippen molar-refractivity contribution in [3.8, 4) is 0 Å². The van der Waals surface area contributed by atoms with E-state index < -0.39 is 172 Å². The first-order chi connectivity index (χ1) is 53.0. The Morgan fingerprint density at radius 1 is 0.257 bits per heavy atom. The maximum atomic E-state index is 15.0. The lowest BCUT2D eigenvalue weighted by molar-refractivity contribution is -0.364. The van der Waals surface area contributed by atoms with Gasteiger partial charge in [-0.05, 0) is 109 Å². The summed E-state index contributed by atoms with van der Waals surface area (Å²) in [5.41, 5.74) is -0.370. The second-order valence-electron chi connectivity index (χ2n) is 24.7. The van der Waals surface area contributed by atoms with E-state index in [9.17, 15) is 53.1 Å². The molecule has 109 heavy (non-hydrogen) atoms. The fourth-order valence-corrected chi connectivity index (χ4v) is 12.0. The Morgan fingerprint density at radius 3 is 0.761 bits per heavy atom. The molecule has 12 rings (SSSR count). The van der Waals surface area contributed by atoms with Crippen LogP contribution < -0.4 is 0 Å². The third kappa shape index (κ3) is 19.6. The van der Waals surface area contributed by atoms with Gasteiger partial charge >= 0.3 is 59.7 Å². The number of carbonyl (C=O) groups excluding carboxylic acids is 10. The van der Waals surface area contributed by atoms with Gasteiger partial charge in [-0.15, -0.1) is 0 Å². The molecule has 0 saturated carbocycles. The van der Waals surface area contributed by atoms with E-state index in [1.807, 2.05) is 0 Å². The highest BCUT2D eigenvalue weighted by molar-refractivity contribution is 5.94. The van der Waals surface area contributed by atoms with Crippen LogP contribution in [0.1, 0.15) is 100 Å². The lowest BCUT2D eigenvalue weighted by Gasteiger charge is -2.48. The van der Waals surface area contributed by atoms with Crippen LogP contribution in [0.25, 0.3) is 0 Å². The minimum atomic E-state index is -2.45. The highest BCUT2D eigenvalue weighted by Crippen LogP contribution is 2.38. The summed E-state index contributed by atoms with van der Waals surface area (Å²) in [5.74, 6) is -10.3. The summed E-state index contributed by atoms with van der Waals surface area (Å²) < 4.78 is 94.8. The maximum Gasteiger partial charge on any atom is 0.338 e. The number of carbonyl (C=O) groups is 10. The number of ether oxygens (including phenoxy) is 15. The van der Waals surface area contributed by atoms with Crippen molar-refractivity contribution in [1.29, 1.82) is 0 Å². The monoisotopic (exact) mass is 1480 g/mol. The van der Waals surface area contributed by atoms with Crippen molar-refractivity contribution in [2.45, 2.75) is 99.0 Å². The van der Waals surface area contributed by atoms with Crippen molar-refractivity contribution in [3.63, 3.8) is 0 Å². The van der Waals surface area contributed by atoms with E-state index in [1.54, 1.807) is 103 Å². The van der Waals surface area contributed by atoms with Gasteiger partial charge in [0.15, 0.2) is 73.8 Å². The third-order valence-corrected chi connectivity index (χ3v) is 17.4. The van der Waals surface area contributed by atoms with E-state index in [-0.39, 0.29) is 50.1 Å². The minimum absolute atomic E-state index is 0.00903. The largest absolute Gasteiger partial charge is 0.463 e. The van der Waals surface area contributed by atoms with Crippen LogP contribution in [0.4, 0.5) is 0 Å². The molecule has 0 spiro atoms. The number of benzene rings is 9. The van der Waals surface area contributed by atoms with E-state index in [4.69, 9.17) is 71.1 Å². The summed E-state index contributed by atoms with van der Waals surface area (Å²) in [6.07, 6.45) is -30.4. The van der Waals surface area contributed by atoms with Crippen molar-refractivity contribution >= 4 is 59.7 Å². The maximum absolute atomic E-state index is 15.0. The summed E-state index contributed by atoms with van der Waals surface area (Å²) in [6.45, 7) is -1.48. The molecule has 9 aromatic rings. The van der Waals surface area contributed by atoms with Gasteiger partial charge in [-0.2, -0.15) is 0 Å². The Kier molecular flexibility index (Phi) is 25.6. The zero-order valence-electron chi connectivity index (χ0n) is 57.9. The molecule has 26 heteroatoms. The molecule has 1 N–H and O–H groups in total. The van der Waals surface area contributed by atoms with Crippen LogP contribution in [0.15, 0.2) is 273 Å². The van der Waals surface area contributed by atoms with E-state index >= 15 is 0 Å². The molecule has 15 atom stereocenters. The quantitative estimate of drug-likeness (QED) is 0.0389. The van der Waals surface area contributed by atoms with Crippen LogP contribution in [0.5, 0.6) is 0 Å². The summed E-state index contributed by atoms with van der Waals surface area (Å²) >= 11 is 0. The Labute approximate surface area is 623 Å². The lowest BCUT2D eigenvalue weighted by Crippen LogP contribution is -2.67. The predicted molar refractivity (Wildman–Crippen MR) is 378 cm³/mol. The average Bonchev–Trinajstić information content (AvgIpc) is 0.764. The van der Waals surface area contributed by atoms with Crippen molar-refractivity contribution in [3.05, 3.63) is 323 Å². The first-order valence-corrected chi connectivity index (χ1v) is 34.4. The highest BCUT2D eigenvalue weighted by atomic mass is 16.8. The molecule has 3 heterocycles. The predicted octanol–water partition coefficient (Wildman–Crippen LogP) is 9.78. The molecular weight excluding hydrogens is 1410 g/mol. The molecule has 0 aromatic heterocycles. The Morgan fingerprint density at radius 2 is 0.477 bits per heavy atom. The Balaban J connectivity index is 0.973. The number of hydrogen-bond acceptors (Lipinski definition) is 26. The first kappa shape index (κ1) is 76.1. The van der Waals surface area contributed by atoms with Crippen LogP contribution in [0, 0.1) is 0 Å². The van der Waals surface area contributed by atoms with Gasteiger partial charge in [0, 0.05) is 6.92 Å². The summed E-state index contributed by atoms with van der Waals surface area (Å²) in [7, 11) is 0. The van der Waals surface area contributed by atoms with Crippen molar-refractivity contribution in [2.24, 2.45) is 0 Å². The average molecular weight is 1480 g/mol. The van der Waals surface area contributed by atoms with Crippen LogP contribution in [-0.2, 0) is 75.8 Å². The van der Waals surface area contributed by atoms with Gasteiger partial charge in [-0.25, -0.2) is 43.2 Å². The summed E-state index contributed by atoms with van der Waals surface area (Å²) in [6, 6.07) is 67.7. The van der Waals surface area contributed by atoms with Crippen LogP contribution in [0.2, 0.25) is 0 Å². The molecule has 0 amide bonds. The van der Waals surface area contributed by atoms with E-state index in [0.717, 1.165) is 6.92 Å². The van der Waals surface area contributed by atoms with Gasteiger partial charge < -0.3 is 76.2 Å². The first-order valence-electron chi connectivity index (χ1n) is 34.4. The van der Waals surface area contributed by atoms with Crippen molar-refractivity contribution in [1.82, 2.24) is 0 Å². The SMILES string of the molecule is CC(=O)OC[C@@H]1O[C@@H](OC[C@H]2O[C@@H](O)[C@H](O[C@@H]3O[C@@H](COC(=O)c4ccccc4)[C@H](OC(=O)c4ccccc4)[C@H](OC(=O)c4ccccc4)C3OC(=O)c3ccccc3)[C@@H](OC(=O)c3ccccc3)[C@H]2OC(=O)c2ccccc2)[C@@H](OC(=O)c2ccccc2)[C@@H](OC(=O)c2ccccc2)[C@H]1OC(=O)c1ccccc1. The Bertz CT molecular complexity index is 4570. The van der Waals surface area contributed by atoms with Gasteiger partial charge in [0.1, 0.15) is 31.5 Å². The minimum Gasteiger partial charge on any atom is -0.463 e. The topological polar surface area (TPSA) is 329 Å². The second kappa shape index (κ2) is 36.6. The lowest BCUT2D eigenvalue weighted by atomic mass is 9.95. The molecular formula is C83H70O26. The van der Waals surface area contributed by atoms with Crippen LogP contribution in [0.3, 0.4) is 0 Å². The molecule has 0 radical (unpaired) electrons. The molecule has 558 valence electrons. The molecule has 1 unspecified atom stereocenters. The molecule has 0 bridgehead atoms. The molecule has 26 nitrogen and oxygen atoms in total.